The van der Waals surface area contributed by atoms with Gasteiger partial charge in [-0.05, 0) is 56.8 Å². The van der Waals surface area contributed by atoms with E-state index in [0.717, 1.165) is 53.6 Å². The third kappa shape index (κ3) is 5.63. The largest absolute Gasteiger partial charge is 0.491 e. The number of hydrogen-bond acceptors (Lipinski definition) is 4. The highest BCUT2D eigenvalue weighted by molar-refractivity contribution is 5.87. The second kappa shape index (κ2) is 10.3. The number of pyridine rings is 1. The number of nitrogens with zero attached hydrogens (tertiary/aromatic N) is 2. The van der Waals surface area contributed by atoms with E-state index in [1.165, 1.54) is 70.9 Å². The maximum Gasteiger partial charge on any atom is 0.220 e. The van der Waals surface area contributed by atoms with Gasteiger partial charge in [-0.15, -0.1) is 0 Å². The molecule has 158 valence electrons. The number of hydrogen-bond donors (Lipinski definition) is 0. The summed E-state index contributed by atoms with van der Waals surface area (Å²) in [6, 6.07) is 8.29. The highest BCUT2D eigenvalue weighted by Crippen LogP contribution is 2.37. The van der Waals surface area contributed by atoms with Crippen LogP contribution in [-0.4, -0.2) is 43.2 Å². The smallest absolute Gasteiger partial charge is 0.220 e. The van der Waals surface area contributed by atoms with Crippen molar-refractivity contribution in [3.05, 3.63) is 29.8 Å². The molecule has 1 aromatic heterocycles. The van der Waals surface area contributed by atoms with E-state index in [9.17, 15) is 0 Å². The van der Waals surface area contributed by atoms with Crippen LogP contribution >= 0.6 is 0 Å². The molecule has 1 aromatic carbocycles. The SMILES string of the molecule is COc1nc2ccccc2c(OCCN2CCCCC2)c1CCCCCC1CC1. The van der Waals surface area contributed by atoms with Gasteiger partial charge in [-0.25, -0.2) is 4.98 Å². The zero-order chi connectivity index (χ0) is 19.9. The van der Waals surface area contributed by atoms with E-state index in [4.69, 9.17) is 14.5 Å². The number of ether oxygens (including phenoxy) is 2. The lowest BCUT2D eigenvalue weighted by molar-refractivity contribution is 0.183. The molecule has 4 rings (SSSR count). The summed E-state index contributed by atoms with van der Waals surface area (Å²) in [6.07, 6.45) is 13.1. The molecular weight excluding hydrogens is 360 g/mol. The van der Waals surface area contributed by atoms with Crippen LogP contribution in [0.1, 0.15) is 63.4 Å². The zero-order valence-corrected chi connectivity index (χ0v) is 18.0. The van der Waals surface area contributed by atoms with E-state index >= 15 is 0 Å². The van der Waals surface area contributed by atoms with Gasteiger partial charge in [-0.1, -0.05) is 50.7 Å². The first-order valence-corrected chi connectivity index (χ1v) is 11.7. The fourth-order valence-corrected chi connectivity index (χ4v) is 4.53. The van der Waals surface area contributed by atoms with Crippen molar-refractivity contribution < 1.29 is 9.47 Å². The maximum atomic E-state index is 6.44. The summed E-state index contributed by atoms with van der Waals surface area (Å²) < 4.78 is 12.1. The Morgan fingerprint density at radius 1 is 1.03 bits per heavy atom. The molecular formula is C25H36N2O2. The predicted octanol–water partition coefficient (Wildman–Crippen LogP) is 5.62. The van der Waals surface area contributed by atoms with E-state index in [1.54, 1.807) is 7.11 Å². The van der Waals surface area contributed by atoms with Gasteiger partial charge in [0.05, 0.1) is 18.2 Å². The Morgan fingerprint density at radius 3 is 2.66 bits per heavy atom. The minimum atomic E-state index is 0.728. The Hall–Kier alpha value is -1.81. The molecule has 1 aliphatic carbocycles. The van der Waals surface area contributed by atoms with Crippen molar-refractivity contribution in [2.24, 2.45) is 5.92 Å². The molecule has 29 heavy (non-hydrogen) atoms. The van der Waals surface area contributed by atoms with Gasteiger partial charge in [0.25, 0.3) is 0 Å². The molecule has 0 N–H and O–H groups in total. The molecule has 0 spiro atoms. The van der Waals surface area contributed by atoms with Gasteiger partial charge in [0, 0.05) is 11.9 Å². The average Bonchev–Trinajstić information content (AvgIpc) is 3.59. The minimum absolute atomic E-state index is 0.728. The Kier molecular flexibility index (Phi) is 7.26. The van der Waals surface area contributed by atoms with Crippen LogP contribution in [0, 0.1) is 5.92 Å². The molecule has 4 nitrogen and oxygen atoms in total. The maximum absolute atomic E-state index is 6.44. The summed E-state index contributed by atoms with van der Waals surface area (Å²) in [5, 5.41) is 1.11. The van der Waals surface area contributed by atoms with Crippen molar-refractivity contribution in [1.29, 1.82) is 0 Å². The number of benzene rings is 1. The van der Waals surface area contributed by atoms with Crippen molar-refractivity contribution in [3.63, 3.8) is 0 Å². The number of para-hydroxylation sites is 1. The zero-order valence-electron chi connectivity index (χ0n) is 18.0. The van der Waals surface area contributed by atoms with Gasteiger partial charge in [0.15, 0.2) is 0 Å². The highest BCUT2D eigenvalue weighted by atomic mass is 16.5. The van der Waals surface area contributed by atoms with Crippen molar-refractivity contribution in [1.82, 2.24) is 9.88 Å². The van der Waals surface area contributed by atoms with E-state index < -0.39 is 0 Å². The Morgan fingerprint density at radius 2 is 1.86 bits per heavy atom. The van der Waals surface area contributed by atoms with Crippen LogP contribution in [0.5, 0.6) is 11.6 Å². The Labute approximate surface area is 175 Å². The van der Waals surface area contributed by atoms with E-state index in [-0.39, 0.29) is 0 Å². The minimum Gasteiger partial charge on any atom is -0.491 e. The van der Waals surface area contributed by atoms with Crippen molar-refractivity contribution >= 4 is 10.9 Å². The van der Waals surface area contributed by atoms with Gasteiger partial charge in [0.1, 0.15) is 12.4 Å². The third-order valence-corrected chi connectivity index (χ3v) is 6.43. The number of piperidine rings is 1. The Bertz CT molecular complexity index is 782. The van der Waals surface area contributed by atoms with Gasteiger partial charge in [-0.3, -0.25) is 4.90 Å². The van der Waals surface area contributed by atoms with Crippen LogP contribution in [0.3, 0.4) is 0 Å². The molecule has 0 atom stereocenters. The summed E-state index contributed by atoms with van der Waals surface area (Å²) in [7, 11) is 1.73. The van der Waals surface area contributed by atoms with Gasteiger partial charge in [0.2, 0.25) is 5.88 Å². The second-order valence-corrected chi connectivity index (χ2v) is 8.74. The standard InChI is InChI=1S/C25H36N2O2/c1-28-25-22(12-5-2-4-10-20-14-15-20)24(21-11-6-7-13-23(21)26-25)29-19-18-27-16-8-3-9-17-27/h6-7,11,13,20H,2-5,8-10,12,14-19H2,1H3. The number of methoxy groups -OCH3 is 1. The first kappa shape index (κ1) is 20.5. The predicted molar refractivity (Wildman–Crippen MR) is 119 cm³/mol. The number of unbranched alkanes of at least 4 members (excludes halogenated alkanes) is 2. The molecule has 4 heteroatoms. The molecule has 1 aliphatic heterocycles. The number of aromatic nitrogens is 1. The topological polar surface area (TPSA) is 34.6 Å². The molecule has 0 unspecified atom stereocenters. The number of likely N-dealkylation sites (tertiary alicyclic amines) is 1. The molecule has 2 aromatic rings. The molecule has 2 heterocycles. The summed E-state index contributed by atoms with van der Waals surface area (Å²) >= 11 is 0. The molecule has 1 saturated heterocycles. The van der Waals surface area contributed by atoms with Gasteiger partial charge < -0.3 is 9.47 Å². The normalized spacial score (nSPS) is 17.6. The second-order valence-electron chi connectivity index (χ2n) is 8.74. The number of rotatable bonds is 11. The van der Waals surface area contributed by atoms with Crippen LogP contribution in [0.4, 0.5) is 0 Å². The van der Waals surface area contributed by atoms with Crippen LogP contribution in [0.15, 0.2) is 24.3 Å². The molecule has 2 aliphatic rings. The fraction of sp³-hybridized carbons (Fsp3) is 0.640. The van der Waals surface area contributed by atoms with E-state index in [0.29, 0.717) is 0 Å². The van der Waals surface area contributed by atoms with Gasteiger partial charge in [-0.2, -0.15) is 0 Å². The molecule has 0 bridgehead atoms. The Balaban J connectivity index is 1.46. The summed E-state index contributed by atoms with van der Waals surface area (Å²) in [5.41, 5.74) is 2.10. The average molecular weight is 397 g/mol. The summed E-state index contributed by atoms with van der Waals surface area (Å²) in [4.78, 5) is 7.31. The van der Waals surface area contributed by atoms with Crippen molar-refractivity contribution in [3.8, 4) is 11.6 Å². The van der Waals surface area contributed by atoms with E-state index in [2.05, 4.69) is 23.1 Å². The van der Waals surface area contributed by atoms with Crippen molar-refractivity contribution in [2.45, 2.75) is 64.2 Å². The van der Waals surface area contributed by atoms with E-state index in [1.807, 2.05) is 6.07 Å². The molecule has 2 fully saturated rings. The monoisotopic (exact) mass is 396 g/mol. The highest BCUT2D eigenvalue weighted by Gasteiger charge is 2.21. The molecule has 0 amide bonds. The molecule has 0 radical (unpaired) electrons. The third-order valence-electron chi connectivity index (χ3n) is 6.43. The van der Waals surface area contributed by atoms with Crippen LogP contribution < -0.4 is 9.47 Å². The summed E-state index contributed by atoms with van der Waals surface area (Å²) in [5.74, 6) is 2.76. The van der Waals surface area contributed by atoms with Crippen molar-refractivity contribution in [2.75, 3.05) is 33.4 Å². The quantitative estimate of drug-likeness (QED) is 0.462. The lowest BCUT2D eigenvalue weighted by atomic mass is 10.0. The van der Waals surface area contributed by atoms with Crippen LogP contribution in [-0.2, 0) is 6.42 Å². The number of fused-ring (bicyclic) bond motifs is 1. The molecule has 1 saturated carbocycles. The lowest BCUT2D eigenvalue weighted by Gasteiger charge is -2.26. The fourth-order valence-electron chi connectivity index (χ4n) is 4.53. The first-order chi connectivity index (χ1) is 14.3. The van der Waals surface area contributed by atoms with Crippen LogP contribution in [0.25, 0.3) is 10.9 Å². The first-order valence-electron chi connectivity index (χ1n) is 11.7. The summed E-state index contributed by atoms with van der Waals surface area (Å²) in [6.45, 7) is 4.14. The lowest BCUT2D eigenvalue weighted by Crippen LogP contribution is -2.33. The van der Waals surface area contributed by atoms with Gasteiger partial charge >= 0.3 is 0 Å². The van der Waals surface area contributed by atoms with Crippen LogP contribution in [0.2, 0.25) is 0 Å².